The average Bonchev–Trinajstić information content (AvgIpc) is 3.03. The van der Waals surface area contributed by atoms with Crippen molar-refractivity contribution in [2.45, 2.75) is 40.5 Å². The largest absolute Gasteiger partial charge is 0.460 e. The van der Waals surface area contributed by atoms with E-state index in [0.717, 1.165) is 40.4 Å². The molecule has 0 spiro atoms. The van der Waals surface area contributed by atoms with Crippen LogP contribution in [0.3, 0.4) is 0 Å². The second-order valence-corrected chi connectivity index (χ2v) is 9.47. The Bertz CT molecular complexity index is 1110. The molecule has 1 amide bonds. The van der Waals surface area contributed by atoms with Crippen LogP contribution in [0.2, 0.25) is 0 Å². The summed E-state index contributed by atoms with van der Waals surface area (Å²) in [6.07, 6.45) is 7.25. The minimum absolute atomic E-state index is 0.0714. The highest BCUT2D eigenvalue weighted by Crippen LogP contribution is 2.33. The number of hydrogen-bond donors (Lipinski definition) is 0. The summed E-state index contributed by atoms with van der Waals surface area (Å²) in [7, 11) is 0. The first kappa shape index (κ1) is 27.1. The van der Waals surface area contributed by atoms with Gasteiger partial charge in [0.25, 0.3) is 11.7 Å². The predicted octanol–water partition coefficient (Wildman–Crippen LogP) is 5.17. The van der Waals surface area contributed by atoms with Crippen LogP contribution in [0.25, 0.3) is 6.08 Å². The Balaban J connectivity index is 2.35. The third-order valence-corrected chi connectivity index (χ3v) is 5.81. The maximum atomic E-state index is 13.0. The number of allylic oxidation sites excluding steroid dienone is 4. The minimum Gasteiger partial charge on any atom is -0.460 e. The number of ketones is 2. The van der Waals surface area contributed by atoms with Gasteiger partial charge < -0.3 is 4.74 Å². The number of esters is 1. The lowest BCUT2D eigenvalue weighted by atomic mass is 10.1. The van der Waals surface area contributed by atoms with Crippen molar-refractivity contribution in [3.05, 3.63) is 75.9 Å². The van der Waals surface area contributed by atoms with Gasteiger partial charge in [-0.05, 0) is 50.5 Å². The third-order valence-electron chi connectivity index (χ3n) is 4.48. The van der Waals surface area contributed by atoms with Gasteiger partial charge in [-0.1, -0.05) is 79.3 Å². The fourth-order valence-corrected chi connectivity index (χ4v) is 4.10. The lowest BCUT2D eigenvalue weighted by Crippen LogP contribution is -2.29. The molecular weight excluding hydrogens is 470 g/mol. The zero-order valence-corrected chi connectivity index (χ0v) is 21.3. The van der Waals surface area contributed by atoms with Crippen molar-refractivity contribution in [2.75, 3.05) is 6.61 Å². The first-order chi connectivity index (χ1) is 16.1. The van der Waals surface area contributed by atoms with Gasteiger partial charge in [0.15, 0.2) is 10.1 Å². The Kier molecular flexibility index (Phi) is 10.3. The van der Waals surface area contributed by atoms with Crippen LogP contribution >= 0.6 is 24.0 Å². The first-order valence-electron chi connectivity index (χ1n) is 10.8. The molecule has 1 aliphatic rings. The highest BCUT2D eigenvalue weighted by atomic mass is 32.2. The summed E-state index contributed by atoms with van der Waals surface area (Å²) in [5.41, 5.74) is 1.97. The van der Waals surface area contributed by atoms with Crippen LogP contribution in [-0.4, -0.2) is 39.3 Å². The molecule has 34 heavy (non-hydrogen) atoms. The fourth-order valence-electron chi connectivity index (χ4n) is 2.84. The van der Waals surface area contributed by atoms with Gasteiger partial charge in [-0.2, -0.15) is 0 Å². The second kappa shape index (κ2) is 13.0. The van der Waals surface area contributed by atoms with Gasteiger partial charge in [-0.25, -0.2) is 4.79 Å². The zero-order valence-electron chi connectivity index (χ0n) is 19.6. The monoisotopic (exact) mass is 497 g/mol. The number of thioether (sulfide) groups is 1. The van der Waals surface area contributed by atoms with Gasteiger partial charge in [0.05, 0.1) is 17.1 Å². The number of carbonyl (C=O) groups excluding carboxylic acids is 4. The Morgan fingerprint density at radius 3 is 2.41 bits per heavy atom. The molecule has 0 aliphatic carbocycles. The Morgan fingerprint density at radius 1 is 1.12 bits per heavy atom. The van der Waals surface area contributed by atoms with Crippen LogP contribution in [0.15, 0.2) is 70.3 Å². The molecule has 6 nitrogen and oxygen atoms in total. The van der Waals surface area contributed by atoms with Gasteiger partial charge in [0, 0.05) is 6.20 Å². The van der Waals surface area contributed by atoms with Crippen LogP contribution in [-0.2, 0) is 23.9 Å². The first-order valence-corrected chi connectivity index (χ1v) is 12.0. The number of hydrogen-bond acceptors (Lipinski definition) is 7. The van der Waals surface area contributed by atoms with Crippen molar-refractivity contribution in [3.63, 3.8) is 0 Å². The molecular formula is C26H27NO5S2. The van der Waals surface area contributed by atoms with Crippen LogP contribution in [0, 0.1) is 0 Å². The molecule has 0 bridgehead atoms. The Labute approximate surface area is 209 Å². The highest BCUT2D eigenvalue weighted by molar-refractivity contribution is 8.26. The molecule has 1 heterocycles. The lowest BCUT2D eigenvalue weighted by molar-refractivity contribution is -0.152. The van der Waals surface area contributed by atoms with E-state index in [0.29, 0.717) is 16.9 Å². The molecule has 1 saturated heterocycles. The Morgan fingerprint density at radius 2 is 1.79 bits per heavy atom. The normalized spacial score (nSPS) is 15.5. The van der Waals surface area contributed by atoms with Crippen molar-refractivity contribution < 1.29 is 23.9 Å². The number of nitrogens with zero attached hydrogens (tertiary/aromatic N) is 1. The molecule has 0 atom stereocenters. The zero-order chi connectivity index (χ0) is 25.3. The number of benzene rings is 1. The van der Waals surface area contributed by atoms with Gasteiger partial charge in [-0.15, -0.1) is 0 Å². The van der Waals surface area contributed by atoms with Crippen LogP contribution < -0.4 is 0 Å². The van der Waals surface area contributed by atoms with Gasteiger partial charge in [0.1, 0.15) is 0 Å². The Hall–Kier alpha value is -3.10. The predicted molar refractivity (Wildman–Crippen MR) is 139 cm³/mol. The second-order valence-electron chi connectivity index (χ2n) is 7.80. The molecule has 178 valence electrons. The van der Waals surface area contributed by atoms with Crippen molar-refractivity contribution in [2.24, 2.45) is 0 Å². The van der Waals surface area contributed by atoms with Crippen LogP contribution in [0.1, 0.15) is 46.1 Å². The summed E-state index contributed by atoms with van der Waals surface area (Å²) in [5, 5.41) is 0. The standard InChI is InChI=1S/C26H27NO5S2/c1-5-6-12-32-25(31)23(29)20(21(28)13-17(2)3)16-27-24(30)22(34-26(27)33)15-18(4)14-19-10-8-7-9-11-19/h7-11,13-16H,5-6,12H2,1-4H3/b18-14+,20-16+,22-15-. The molecule has 1 aromatic carbocycles. The highest BCUT2D eigenvalue weighted by Gasteiger charge is 2.34. The van der Waals surface area contributed by atoms with E-state index >= 15 is 0 Å². The molecule has 2 rings (SSSR count). The summed E-state index contributed by atoms with van der Waals surface area (Å²) < 4.78 is 5.12. The number of ether oxygens (including phenoxy) is 1. The summed E-state index contributed by atoms with van der Waals surface area (Å²) in [4.78, 5) is 52.1. The number of carbonyl (C=O) groups is 4. The molecule has 0 saturated carbocycles. The molecule has 0 radical (unpaired) electrons. The van der Waals surface area contributed by atoms with Crippen molar-refractivity contribution >= 4 is 57.8 Å². The van der Waals surface area contributed by atoms with Crippen molar-refractivity contribution in [3.8, 4) is 0 Å². The van der Waals surface area contributed by atoms with E-state index in [4.69, 9.17) is 17.0 Å². The summed E-state index contributed by atoms with van der Waals surface area (Å²) in [6, 6.07) is 9.63. The van der Waals surface area contributed by atoms with Gasteiger partial charge >= 0.3 is 5.97 Å². The molecule has 8 heteroatoms. The third kappa shape index (κ3) is 7.74. The molecule has 0 aromatic heterocycles. The summed E-state index contributed by atoms with van der Waals surface area (Å²) >= 11 is 6.37. The van der Waals surface area contributed by atoms with Crippen LogP contribution in [0.4, 0.5) is 0 Å². The van der Waals surface area contributed by atoms with E-state index in [1.807, 2.05) is 50.3 Å². The van der Waals surface area contributed by atoms with E-state index in [2.05, 4.69) is 0 Å². The molecule has 1 aromatic rings. The number of rotatable bonds is 10. The summed E-state index contributed by atoms with van der Waals surface area (Å²) in [6.45, 7) is 7.21. The molecule has 1 fully saturated rings. The molecule has 1 aliphatic heterocycles. The van der Waals surface area contributed by atoms with Crippen molar-refractivity contribution in [1.82, 2.24) is 4.90 Å². The SMILES string of the molecule is CCCCOC(=O)C(=O)/C(=C/N1C(=O)/C(=C/C(C)=C/c2ccccc2)SC1=S)C(=O)C=C(C)C. The molecule has 0 unspecified atom stereocenters. The maximum Gasteiger partial charge on any atom is 0.379 e. The summed E-state index contributed by atoms with van der Waals surface area (Å²) in [5.74, 6) is -3.43. The van der Waals surface area contributed by atoms with E-state index in [-0.39, 0.29) is 10.9 Å². The van der Waals surface area contributed by atoms with E-state index < -0.39 is 29.0 Å². The van der Waals surface area contributed by atoms with Crippen LogP contribution in [0.5, 0.6) is 0 Å². The minimum atomic E-state index is -1.14. The number of thiocarbonyl (C=S) groups is 1. The van der Waals surface area contributed by atoms with Crippen molar-refractivity contribution in [1.29, 1.82) is 0 Å². The van der Waals surface area contributed by atoms with Gasteiger partial charge in [-0.3, -0.25) is 19.3 Å². The van der Waals surface area contributed by atoms with E-state index in [1.54, 1.807) is 19.9 Å². The molecule has 0 N–H and O–H groups in total. The van der Waals surface area contributed by atoms with Gasteiger partial charge in [0.2, 0.25) is 0 Å². The quantitative estimate of drug-likeness (QED) is 0.0839. The van der Waals surface area contributed by atoms with E-state index in [9.17, 15) is 19.2 Å². The number of unbranched alkanes of at least 4 members (excludes halogenated alkanes) is 1. The fraction of sp³-hybridized carbons (Fsp3) is 0.269. The topological polar surface area (TPSA) is 80.8 Å². The van der Waals surface area contributed by atoms with E-state index in [1.165, 1.54) is 6.08 Å². The number of amides is 1. The lowest BCUT2D eigenvalue weighted by Gasteiger charge is -2.11. The smallest absolute Gasteiger partial charge is 0.379 e. The average molecular weight is 498 g/mol. The maximum absolute atomic E-state index is 13.0. The number of Topliss-reactive ketones (excluding diaryl/α,β-unsaturated/α-hetero) is 1.